The van der Waals surface area contributed by atoms with E-state index in [0.29, 0.717) is 6.42 Å². The fourth-order valence-corrected chi connectivity index (χ4v) is 2.57. The highest BCUT2D eigenvalue weighted by atomic mass is 16.2. The monoisotopic (exact) mass is 292 g/mol. The summed E-state index contributed by atoms with van der Waals surface area (Å²) in [5.41, 5.74) is 1.22. The van der Waals surface area contributed by atoms with E-state index in [2.05, 4.69) is 35.6 Å². The SMILES string of the molecule is CC(C)(C)NCc1cncn1CCC(=O)N1CCCCC1. The lowest BCUT2D eigenvalue weighted by molar-refractivity contribution is -0.132. The van der Waals surface area contributed by atoms with Crippen LogP contribution in [0.4, 0.5) is 0 Å². The van der Waals surface area contributed by atoms with Crippen LogP contribution in [0.15, 0.2) is 12.5 Å². The maximum Gasteiger partial charge on any atom is 0.224 e. The van der Waals surface area contributed by atoms with E-state index in [1.54, 1.807) is 0 Å². The quantitative estimate of drug-likeness (QED) is 0.905. The van der Waals surface area contributed by atoms with Gasteiger partial charge in [0.25, 0.3) is 0 Å². The van der Waals surface area contributed by atoms with Crippen LogP contribution >= 0.6 is 0 Å². The summed E-state index contributed by atoms with van der Waals surface area (Å²) < 4.78 is 2.08. The van der Waals surface area contributed by atoms with E-state index in [0.717, 1.165) is 44.7 Å². The molecule has 0 radical (unpaired) electrons. The number of aromatic nitrogens is 2. The molecule has 2 rings (SSSR count). The topological polar surface area (TPSA) is 50.2 Å². The van der Waals surface area contributed by atoms with Gasteiger partial charge in [-0.2, -0.15) is 0 Å². The Morgan fingerprint density at radius 1 is 1.29 bits per heavy atom. The van der Waals surface area contributed by atoms with Gasteiger partial charge >= 0.3 is 0 Å². The maximum absolute atomic E-state index is 12.2. The van der Waals surface area contributed by atoms with Crippen molar-refractivity contribution in [2.45, 2.75) is 65.1 Å². The van der Waals surface area contributed by atoms with Crippen molar-refractivity contribution in [3.63, 3.8) is 0 Å². The molecule has 2 heterocycles. The highest BCUT2D eigenvalue weighted by Crippen LogP contribution is 2.11. The van der Waals surface area contributed by atoms with Crippen LogP contribution in [0.5, 0.6) is 0 Å². The van der Waals surface area contributed by atoms with Gasteiger partial charge in [0.15, 0.2) is 0 Å². The molecule has 1 N–H and O–H groups in total. The van der Waals surface area contributed by atoms with E-state index in [4.69, 9.17) is 0 Å². The molecule has 0 atom stereocenters. The van der Waals surface area contributed by atoms with Crippen LogP contribution in [0, 0.1) is 0 Å². The Labute approximate surface area is 127 Å². The molecule has 0 unspecified atom stereocenters. The van der Waals surface area contributed by atoms with Crippen molar-refractivity contribution in [2.75, 3.05) is 13.1 Å². The third-order valence-electron chi connectivity index (χ3n) is 3.87. The summed E-state index contributed by atoms with van der Waals surface area (Å²) in [4.78, 5) is 18.4. The maximum atomic E-state index is 12.2. The molecule has 0 saturated carbocycles. The molecule has 5 heteroatoms. The zero-order valence-corrected chi connectivity index (χ0v) is 13.6. The number of aryl methyl sites for hydroxylation is 1. The molecular weight excluding hydrogens is 264 g/mol. The molecule has 1 fully saturated rings. The molecular formula is C16H28N4O. The summed E-state index contributed by atoms with van der Waals surface area (Å²) >= 11 is 0. The van der Waals surface area contributed by atoms with Gasteiger partial charge in [-0.05, 0) is 40.0 Å². The van der Waals surface area contributed by atoms with E-state index in [9.17, 15) is 4.79 Å². The first kappa shape index (κ1) is 16.0. The summed E-state index contributed by atoms with van der Waals surface area (Å²) in [6, 6.07) is 0. The van der Waals surface area contributed by atoms with Crippen molar-refractivity contribution in [3.05, 3.63) is 18.2 Å². The van der Waals surface area contributed by atoms with E-state index >= 15 is 0 Å². The number of nitrogens with one attached hydrogen (secondary N) is 1. The number of carbonyl (C=O) groups excluding carboxylic acids is 1. The average molecular weight is 292 g/mol. The molecule has 0 spiro atoms. The van der Waals surface area contributed by atoms with Crippen LogP contribution < -0.4 is 5.32 Å². The number of hydrogen-bond donors (Lipinski definition) is 1. The second-order valence-corrected chi connectivity index (χ2v) is 6.87. The molecule has 1 amide bonds. The zero-order chi connectivity index (χ0) is 15.3. The van der Waals surface area contributed by atoms with Crippen molar-refractivity contribution in [2.24, 2.45) is 0 Å². The molecule has 0 bridgehead atoms. The van der Waals surface area contributed by atoms with Gasteiger partial charge in [-0.15, -0.1) is 0 Å². The van der Waals surface area contributed by atoms with Gasteiger partial charge in [-0.3, -0.25) is 4.79 Å². The average Bonchev–Trinajstić information content (AvgIpc) is 2.90. The van der Waals surface area contributed by atoms with Crippen LogP contribution in [0.1, 0.15) is 52.1 Å². The van der Waals surface area contributed by atoms with E-state index in [1.807, 2.05) is 17.4 Å². The number of piperidine rings is 1. The number of nitrogens with zero attached hydrogens (tertiary/aromatic N) is 3. The van der Waals surface area contributed by atoms with Crippen molar-refractivity contribution in [1.29, 1.82) is 0 Å². The van der Waals surface area contributed by atoms with Gasteiger partial charge in [0.1, 0.15) is 0 Å². The number of amides is 1. The molecule has 1 saturated heterocycles. The summed E-state index contributed by atoms with van der Waals surface area (Å²) in [5, 5.41) is 3.46. The Balaban J connectivity index is 1.83. The molecule has 1 aliphatic rings. The first-order valence-electron chi connectivity index (χ1n) is 7.97. The van der Waals surface area contributed by atoms with Crippen LogP contribution in [-0.2, 0) is 17.9 Å². The van der Waals surface area contributed by atoms with Crippen LogP contribution in [0.2, 0.25) is 0 Å². The second kappa shape index (κ2) is 7.07. The smallest absolute Gasteiger partial charge is 0.224 e. The number of rotatable bonds is 5. The van der Waals surface area contributed by atoms with Gasteiger partial charge in [0.05, 0.1) is 12.0 Å². The summed E-state index contributed by atoms with van der Waals surface area (Å²) in [6.45, 7) is 9.80. The zero-order valence-electron chi connectivity index (χ0n) is 13.6. The number of carbonyl (C=O) groups is 1. The Morgan fingerprint density at radius 3 is 2.67 bits per heavy atom. The fraction of sp³-hybridized carbons (Fsp3) is 0.750. The first-order valence-corrected chi connectivity index (χ1v) is 7.97. The van der Waals surface area contributed by atoms with Gasteiger partial charge < -0.3 is 14.8 Å². The van der Waals surface area contributed by atoms with Gasteiger partial charge in [-0.1, -0.05) is 0 Å². The van der Waals surface area contributed by atoms with Crippen LogP contribution in [0.25, 0.3) is 0 Å². The summed E-state index contributed by atoms with van der Waals surface area (Å²) in [6.07, 6.45) is 7.83. The Kier molecular flexibility index (Phi) is 5.39. The number of hydrogen-bond acceptors (Lipinski definition) is 3. The Bertz CT molecular complexity index is 455. The Morgan fingerprint density at radius 2 is 2.00 bits per heavy atom. The van der Waals surface area contributed by atoms with Crippen molar-refractivity contribution in [3.8, 4) is 0 Å². The second-order valence-electron chi connectivity index (χ2n) is 6.87. The molecule has 0 aliphatic carbocycles. The normalized spacial score (nSPS) is 16.2. The van der Waals surface area contributed by atoms with Crippen LogP contribution in [-0.4, -0.2) is 39.0 Å². The molecule has 21 heavy (non-hydrogen) atoms. The minimum absolute atomic E-state index is 0.0821. The molecule has 118 valence electrons. The standard InChI is InChI=1S/C16H28N4O/c1-16(2,3)18-12-14-11-17-13-20(14)10-7-15(21)19-8-5-4-6-9-19/h11,13,18H,4-10,12H2,1-3H3. The first-order chi connectivity index (χ1) is 9.96. The van der Waals surface area contributed by atoms with Crippen LogP contribution in [0.3, 0.4) is 0 Å². The van der Waals surface area contributed by atoms with Crippen molar-refractivity contribution in [1.82, 2.24) is 19.8 Å². The molecule has 1 aromatic rings. The predicted octanol–water partition coefficient (Wildman–Crippen LogP) is 2.17. The van der Waals surface area contributed by atoms with E-state index in [-0.39, 0.29) is 11.4 Å². The Hall–Kier alpha value is -1.36. The number of imidazole rings is 1. The lowest BCUT2D eigenvalue weighted by Crippen LogP contribution is -2.36. The van der Waals surface area contributed by atoms with Gasteiger partial charge in [0.2, 0.25) is 5.91 Å². The third kappa shape index (κ3) is 5.16. The predicted molar refractivity (Wildman–Crippen MR) is 83.9 cm³/mol. The van der Waals surface area contributed by atoms with E-state index < -0.39 is 0 Å². The molecule has 5 nitrogen and oxygen atoms in total. The van der Waals surface area contributed by atoms with Crippen molar-refractivity contribution < 1.29 is 4.79 Å². The lowest BCUT2D eigenvalue weighted by Gasteiger charge is -2.27. The highest BCUT2D eigenvalue weighted by molar-refractivity contribution is 5.76. The minimum Gasteiger partial charge on any atom is -0.343 e. The highest BCUT2D eigenvalue weighted by Gasteiger charge is 2.17. The molecule has 1 aromatic heterocycles. The van der Waals surface area contributed by atoms with E-state index in [1.165, 1.54) is 6.42 Å². The summed E-state index contributed by atoms with van der Waals surface area (Å²) in [7, 11) is 0. The lowest BCUT2D eigenvalue weighted by atomic mass is 10.1. The molecule has 1 aliphatic heterocycles. The van der Waals surface area contributed by atoms with Gasteiger partial charge in [0, 0.05) is 44.3 Å². The third-order valence-corrected chi connectivity index (χ3v) is 3.87. The summed E-state index contributed by atoms with van der Waals surface area (Å²) in [5.74, 6) is 0.276. The van der Waals surface area contributed by atoms with Crippen molar-refractivity contribution >= 4 is 5.91 Å². The minimum atomic E-state index is 0.0821. The molecule has 0 aromatic carbocycles. The fourth-order valence-electron chi connectivity index (χ4n) is 2.57. The largest absolute Gasteiger partial charge is 0.343 e. The number of likely N-dealkylation sites (tertiary alicyclic amines) is 1. The van der Waals surface area contributed by atoms with Gasteiger partial charge in [-0.25, -0.2) is 4.98 Å².